The molecule has 1 saturated carbocycles. The summed E-state index contributed by atoms with van der Waals surface area (Å²) in [4.78, 5) is 16.5. The fourth-order valence-electron chi connectivity index (χ4n) is 4.05. The first-order chi connectivity index (χ1) is 11.5. The molecule has 0 aromatic carbocycles. The molecule has 6 heteroatoms. The van der Waals surface area contributed by atoms with Gasteiger partial charge in [-0.2, -0.15) is 11.3 Å². The summed E-state index contributed by atoms with van der Waals surface area (Å²) in [5, 5.41) is 14.1. The number of hydrogen-bond donors (Lipinski definition) is 1. The lowest BCUT2D eigenvalue weighted by molar-refractivity contribution is -0.130. The van der Waals surface area contributed by atoms with Crippen molar-refractivity contribution in [1.82, 2.24) is 9.80 Å². The molecule has 1 aliphatic carbocycles. The number of ether oxygens (including phenoxy) is 1. The van der Waals surface area contributed by atoms with E-state index in [1.165, 1.54) is 5.56 Å². The summed E-state index contributed by atoms with van der Waals surface area (Å²) in [7, 11) is 1.62. The van der Waals surface area contributed by atoms with Gasteiger partial charge in [-0.3, -0.25) is 4.79 Å². The predicted octanol–water partition coefficient (Wildman–Crippen LogP) is 1.96. The Morgan fingerprint density at radius 1 is 1.54 bits per heavy atom. The SMILES string of the molecule is COC[C@@H](O)CN1CCC2(CC1)CC2N(Cc1ccsc1)C(C)=O. The largest absolute Gasteiger partial charge is 0.389 e. The van der Waals surface area contributed by atoms with E-state index in [1.54, 1.807) is 25.4 Å². The third-order valence-electron chi connectivity index (χ3n) is 5.54. The molecule has 1 unspecified atom stereocenters. The molecule has 2 heterocycles. The molecule has 3 rings (SSSR count). The first-order valence-electron chi connectivity index (χ1n) is 8.72. The van der Waals surface area contributed by atoms with Crippen LogP contribution >= 0.6 is 11.3 Å². The molecule has 5 nitrogen and oxygen atoms in total. The number of piperidine rings is 1. The number of carbonyl (C=O) groups excluding carboxylic acids is 1. The molecule has 134 valence electrons. The highest BCUT2D eigenvalue weighted by molar-refractivity contribution is 7.07. The van der Waals surface area contributed by atoms with Gasteiger partial charge in [-0.05, 0) is 60.2 Å². The van der Waals surface area contributed by atoms with Crippen molar-refractivity contribution < 1.29 is 14.6 Å². The van der Waals surface area contributed by atoms with Crippen LogP contribution in [0.2, 0.25) is 0 Å². The van der Waals surface area contributed by atoms with Gasteiger partial charge in [0.05, 0.1) is 12.7 Å². The lowest BCUT2D eigenvalue weighted by Gasteiger charge is -2.35. The second-order valence-electron chi connectivity index (χ2n) is 7.27. The number of rotatable bonds is 7. The van der Waals surface area contributed by atoms with E-state index in [0.717, 1.165) is 38.9 Å². The highest BCUT2D eigenvalue weighted by Gasteiger charge is 2.58. The molecule has 2 fully saturated rings. The van der Waals surface area contributed by atoms with Crippen molar-refractivity contribution in [2.75, 3.05) is 33.4 Å². The average Bonchev–Trinajstić information content (AvgIpc) is 2.98. The van der Waals surface area contributed by atoms with E-state index in [2.05, 4.69) is 26.6 Å². The normalized spacial score (nSPS) is 24.0. The zero-order chi connectivity index (χ0) is 17.2. The van der Waals surface area contributed by atoms with E-state index in [-0.39, 0.29) is 5.91 Å². The van der Waals surface area contributed by atoms with Crippen LogP contribution < -0.4 is 0 Å². The van der Waals surface area contributed by atoms with Crippen LogP contribution in [0.1, 0.15) is 31.7 Å². The zero-order valence-electron chi connectivity index (χ0n) is 14.6. The van der Waals surface area contributed by atoms with Crippen LogP contribution in [0.15, 0.2) is 16.8 Å². The molecular formula is C18H28N2O3S. The number of aliphatic hydroxyl groups is 1. The molecule has 1 spiro atoms. The van der Waals surface area contributed by atoms with Crippen molar-refractivity contribution in [3.63, 3.8) is 0 Å². The quantitative estimate of drug-likeness (QED) is 0.815. The lowest BCUT2D eigenvalue weighted by Crippen LogP contribution is -2.43. The van der Waals surface area contributed by atoms with Crippen molar-refractivity contribution >= 4 is 17.2 Å². The molecule has 2 aliphatic rings. The van der Waals surface area contributed by atoms with Crippen molar-refractivity contribution in [1.29, 1.82) is 0 Å². The highest BCUT2D eigenvalue weighted by Crippen LogP contribution is 2.57. The zero-order valence-corrected chi connectivity index (χ0v) is 15.4. The van der Waals surface area contributed by atoms with E-state index in [4.69, 9.17) is 4.74 Å². The van der Waals surface area contributed by atoms with Gasteiger partial charge in [0.2, 0.25) is 5.91 Å². The molecule has 1 saturated heterocycles. The van der Waals surface area contributed by atoms with Gasteiger partial charge in [-0.15, -0.1) is 0 Å². The number of nitrogens with zero attached hydrogens (tertiary/aromatic N) is 2. The maximum absolute atomic E-state index is 12.1. The third-order valence-corrected chi connectivity index (χ3v) is 6.27. The van der Waals surface area contributed by atoms with Gasteiger partial charge in [0.25, 0.3) is 0 Å². The fourth-order valence-corrected chi connectivity index (χ4v) is 4.71. The lowest BCUT2D eigenvalue weighted by atomic mass is 9.92. The Labute approximate surface area is 148 Å². The minimum absolute atomic E-state index is 0.182. The van der Waals surface area contributed by atoms with Gasteiger partial charge in [-0.25, -0.2) is 0 Å². The number of carbonyl (C=O) groups is 1. The standard InChI is InChI=1S/C18H28N2O3S/c1-14(21)20(10-15-3-8-24-13-15)17-9-18(17)4-6-19(7-5-18)11-16(22)12-23-2/h3,8,13,16-17,22H,4-7,9-12H2,1-2H3/t16-,17?/m0/s1. The summed E-state index contributed by atoms with van der Waals surface area (Å²) in [6, 6.07) is 2.50. The van der Waals surface area contributed by atoms with E-state index in [9.17, 15) is 9.90 Å². The minimum Gasteiger partial charge on any atom is -0.389 e. The molecule has 1 aromatic rings. The summed E-state index contributed by atoms with van der Waals surface area (Å²) >= 11 is 1.68. The van der Waals surface area contributed by atoms with Crippen LogP contribution in [0.25, 0.3) is 0 Å². The van der Waals surface area contributed by atoms with Crippen molar-refractivity contribution in [2.24, 2.45) is 5.41 Å². The maximum Gasteiger partial charge on any atom is 0.220 e. The first kappa shape index (κ1) is 17.9. The van der Waals surface area contributed by atoms with E-state index >= 15 is 0 Å². The molecule has 24 heavy (non-hydrogen) atoms. The smallest absolute Gasteiger partial charge is 0.220 e. The number of β-amino-alcohol motifs (C(OH)–C–C–N with tert-alkyl or cyclic N) is 1. The third kappa shape index (κ3) is 3.99. The van der Waals surface area contributed by atoms with Crippen molar-refractivity contribution in [3.8, 4) is 0 Å². The minimum atomic E-state index is -0.411. The topological polar surface area (TPSA) is 53.0 Å². The summed E-state index contributed by atoms with van der Waals surface area (Å²) in [5.74, 6) is 0.182. The molecule has 1 aliphatic heterocycles. The van der Waals surface area contributed by atoms with Crippen LogP contribution in [-0.2, 0) is 16.1 Å². The van der Waals surface area contributed by atoms with Gasteiger partial charge in [0, 0.05) is 33.2 Å². The van der Waals surface area contributed by atoms with Gasteiger partial charge < -0.3 is 19.6 Å². The molecule has 1 amide bonds. The molecular weight excluding hydrogens is 324 g/mol. The molecule has 2 atom stereocenters. The highest BCUT2D eigenvalue weighted by atomic mass is 32.1. The Kier molecular flexibility index (Phi) is 5.59. The molecule has 0 bridgehead atoms. The maximum atomic E-state index is 12.1. The summed E-state index contributed by atoms with van der Waals surface area (Å²) in [6.45, 7) is 5.50. The molecule has 1 N–H and O–H groups in total. The van der Waals surface area contributed by atoms with E-state index in [1.807, 2.05) is 0 Å². The Morgan fingerprint density at radius 2 is 2.29 bits per heavy atom. The van der Waals surface area contributed by atoms with Crippen molar-refractivity contribution in [3.05, 3.63) is 22.4 Å². The average molecular weight is 353 g/mol. The number of hydrogen-bond acceptors (Lipinski definition) is 5. The van der Waals surface area contributed by atoms with E-state index < -0.39 is 6.10 Å². The Balaban J connectivity index is 1.53. The van der Waals surface area contributed by atoms with Gasteiger partial charge in [0.1, 0.15) is 0 Å². The van der Waals surface area contributed by atoms with Crippen LogP contribution in [0, 0.1) is 5.41 Å². The van der Waals surface area contributed by atoms with Gasteiger partial charge in [0.15, 0.2) is 0 Å². The Bertz CT molecular complexity index is 540. The number of likely N-dealkylation sites (tertiary alicyclic amines) is 1. The molecule has 0 radical (unpaired) electrons. The van der Waals surface area contributed by atoms with Crippen LogP contribution in [-0.4, -0.2) is 66.3 Å². The molecule has 1 aromatic heterocycles. The predicted molar refractivity (Wildman–Crippen MR) is 94.9 cm³/mol. The Hall–Kier alpha value is -0.950. The first-order valence-corrected chi connectivity index (χ1v) is 9.66. The summed E-state index contributed by atoms with van der Waals surface area (Å²) in [5.41, 5.74) is 1.54. The van der Waals surface area contributed by atoms with Crippen LogP contribution in [0.3, 0.4) is 0 Å². The second-order valence-corrected chi connectivity index (χ2v) is 8.05. The number of thiophene rings is 1. The second kappa shape index (κ2) is 7.52. The van der Waals surface area contributed by atoms with Gasteiger partial charge >= 0.3 is 0 Å². The van der Waals surface area contributed by atoms with Gasteiger partial charge in [-0.1, -0.05) is 0 Å². The number of methoxy groups -OCH3 is 1. The van der Waals surface area contributed by atoms with E-state index in [0.29, 0.717) is 24.6 Å². The van der Waals surface area contributed by atoms with Crippen molar-refractivity contribution in [2.45, 2.75) is 44.9 Å². The summed E-state index contributed by atoms with van der Waals surface area (Å²) in [6.07, 6.45) is 2.95. The number of amides is 1. The Morgan fingerprint density at radius 3 is 2.88 bits per heavy atom. The summed E-state index contributed by atoms with van der Waals surface area (Å²) < 4.78 is 5.00. The number of aliphatic hydroxyl groups excluding tert-OH is 1. The monoisotopic (exact) mass is 352 g/mol. The van der Waals surface area contributed by atoms with Crippen LogP contribution in [0.4, 0.5) is 0 Å². The van der Waals surface area contributed by atoms with Crippen LogP contribution in [0.5, 0.6) is 0 Å². The fraction of sp³-hybridized carbons (Fsp3) is 0.722.